The maximum Gasteiger partial charge on any atom is 0.323 e. The van der Waals surface area contributed by atoms with Gasteiger partial charge < -0.3 is 10.0 Å². The van der Waals surface area contributed by atoms with E-state index in [0.717, 1.165) is 19.4 Å². The molecule has 1 heterocycles. The Labute approximate surface area is 59.0 Å². The van der Waals surface area contributed by atoms with Crippen molar-refractivity contribution >= 4 is 11.8 Å². The molecule has 0 amide bonds. The quantitative estimate of drug-likeness (QED) is 0.576. The molecule has 0 unspecified atom stereocenters. The molecule has 0 aromatic heterocycles. The smallest absolute Gasteiger partial charge is 0.323 e. The van der Waals surface area contributed by atoms with Crippen molar-refractivity contribution in [2.24, 2.45) is 0 Å². The Balaban J connectivity index is 2.40. The summed E-state index contributed by atoms with van der Waals surface area (Å²) in [5.41, 5.74) is 0. The molecule has 2 N–H and O–H groups in total. The Hall–Kier alpha value is -1.06. The molecule has 4 nitrogen and oxygen atoms in total. The number of nitrogens with zero attached hydrogens (tertiary/aromatic N) is 1. The summed E-state index contributed by atoms with van der Waals surface area (Å²) in [5, 5.41) is 15.6. The van der Waals surface area contributed by atoms with Crippen LogP contribution in [0.15, 0.2) is 0 Å². The number of likely N-dealkylation sites (tertiary alicyclic amines) is 1. The highest BCUT2D eigenvalue weighted by molar-refractivity contribution is 5.84. The first-order valence-corrected chi connectivity index (χ1v) is 3.24. The van der Waals surface area contributed by atoms with E-state index in [9.17, 15) is 4.79 Å². The van der Waals surface area contributed by atoms with Crippen LogP contribution in [0.1, 0.15) is 12.8 Å². The maximum absolute atomic E-state index is 10.2. The first-order chi connectivity index (χ1) is 4.70. The van der Waals surface area contributed by atoms with Crippen LogP contribution in [-0.4, -0.2) is 34.9 Å². The zero-order chi connectivity index (χ0) is 7.56. The van der Waals surface area contributed by atoms with Gasteiger partial charge in [0.05, 0.1) is 5.84 Å². The first-order valence-electron chi connectivity index (χ1n) is 3.24. The van der Waals surface area contributed by atoms with E-state index in [4.69, 9.17) is 10.5 Å². The molecule has 1 rings (SSSR count). The van der Waals surface area contributed by atoms with E-state index in [1.54, 1.807) is 4.90 Å². The van der Waals surface area contributed by atoms with Crippen LogP contribution in [-0.2, 0) is 4.79 Å². The van der Waals surface area contributed by atoms with Crippen molar-refractivity contribution in [3.8, 4) is 0 Å². The molecule has 0 spiro atoms. The van der Waals surface area contributed by atoms with Crippen molar-refractivity contribution in [1.82, 2.24) is 4.90 Å². The number of carboxylic acid groups (broad SMARTS) is 1. The lowest BCUT2D eigenvalue weighted by Crippen LogP contribution is -2.29. The lowest BCUT2D eigenvalue weighted by molar-refractivity contribution is -0.137. The van der Waals surface area contributed by atoms with Crippen molar-refractivity contribution in [1.29, 1.82) is 5.41 Å². The van der Waals surface area contributed by atoms with Crippen molar-refractivity contribution in [2.45, 2.75) is 12.8 Å². The largest absolute Gasteiger partial charge is 0.480 e. The second-order valence-electron chi connectivity index (χ2n) is 2.37. The van der Waals surface area contributed by atoms with Crippen LogP contribution in [0.3, 0.4) is 0 Å². The van der Waals surface area contributed by atoms with Crippen LogP contribution < -0.4 is 0 Å². The molecule has 0 saturated carbocycles. The van der Waals surface area contributed by atoms with E-state index in [2.05, 4.69) is 0 Å². The highest BCUT2D eigenvalue weighted by Gasteiger charge is 2.18. The minimum atomic E-state index is -0.855. The second kappa shape index (κ2) is 2.68. The van der Waals surface area contributed by atoms with Gasteiger partial charge in [-0.05, 0) is 6.42 Å². The third-order valence-corrected chi connectivity index (χ3v) is 1.55. The standard InChI is InChI=1S/C6H10N2O2/c7-5-2-1-3-8(5)4-6(9)10/h7H,1-4H2,(H,9,10). The Morgan fingerprint density at radius 2 is 2.50 bits per heavy atom. The maximum atomic E-state index is 10.2. The summed E-state index contributed by atoms with van der Waals surface area (Å²) in [4.78, 5) is 11.7. The summed E-state index contributed by atoms with van der Waals surface area (Å²) in [7, 11) is 0. The topological polar surface area (TPSA) is 64.4 Å². The van der Waals surface area contributed by atoms with Crippen molar-refractivity contribution in [3.63, 3.8) is 0 Å². The fraction of sp³-hybridized carbons (Fsp3) is 0.667. The van der Waals surface area contributed by atoms with Gasteiger partial charge in [-0.2, -0.15) is 0 Å². The first kappa shape index (κ1) is 7.05. The number of nitrogens with one attached hydrogen (secondary N) is 1. The minimum absolute atomic E-state index is 0.0150. The van der Waals surface area contributed by atoms with Gasteiger partial charge in [0.15, 0.2) is 0 Å². The van der Waals surface area contributed by atoms with Gasteiger partial charge in [-0.1, -0.05) is 0 Å². The Morgan fingerprint density at radius 1 is 1.80 bits per heavy atom. The molecule has 56 valence electrons. The van der Waals surface area contributed by atoms with Gasteiger partial charge in [-0.15, -0.1) is 0 Å². The number of rotatable bonds is 2. The number of carboxylic acids is 1. The number of hydrogen-bond acceptors (Lipinski definition) is 2. The molecule has 10 heavy (non-hydrogen) atoms. The molecule has 4 heteroatoms. The molecule has 0 atom stereocenters. The molecular weight excluding hydrogens is 132 g/mol. The fourth-order valence-corrected chi connectivity index (χ4v) is 1.07. The molecule has 0 aromatic rings. The molecule has 0 bridgehead atoms. The molecule has 1 aliphatic heterocycles. The van der Waals surface area contributed by atoms with E-state index in [1.807, 2.05) is 0 Å². The molecule has 0 aliphatic carbocycles. The van der Waals surface area contributed by atoms with Gasteiger partial charge in [0.2, 0.25) is 0 Å². The van der Waals surface area contributed by atoms with E-state index in [0.29, 0.717) is 5.84 Å². The number of amidine groups is 1. The van der Waals surface area contributed by atoms with Crippen LogP contribution in [0, 0.1) is 5.41 Å². The predicted octanol–water partition coefficient (Wildman–Crippen LogP) is 0.144. The summed E-state index contributed by atoms with van der Waals surface area (Å²) in [6.45, 7) is 0.712. The Kier molecular flexibility index (Phi) is 1.89. The highest BCUT2D eigenvalue weighted by Crippen LogP contribution is 2.08. The van der Waals surface area contributed by atoms with E-state index in [1.165, 1.54) is 0 Å². The summed E-state index contributed by atoms with van der Waals surface area (Å²) in [5.74, 6) is -0.394. The van der Waals surface area contributed by atoms with Gasteiger partial charge in [-0.3, -0.25) is 10.2 Å². The number of hydrogen-bond donors (Lipinski definition) is 2. The zero-order valence-corrected chi connectivity index (χ0v) is 5.63. The van der Waals surface area contributed by atoms with Gasteiger partial charge in [0.25, 0.3) is 0 Å². The van der Waals surface area contributed by atoms with Crippen molar-refractivity contribution in [2.75, 3.05) is 13.1 Å². The Morgan fingerprint density at radius 3 is 2.90 bits per heavy atom. The normalized spacial score (nSPS) is 18.0. The zero-order valence-electron chi connectivity index (χ0n) is 5.63. The van der Waals surface area contributed by atoms with Gasteiger partial charge in [-0.25, -0.2) is 0 Å². The molecular formula is C6H10N2O2. The van der Waals surface area contributed by atoms with Crippen molar-refractivity contribution < 1.29 is 9.90 Å². The molecule has 1 fully saturated rings. The molecule has 0 aromatic carbocycles. The summed E-state index contributed by atoms with van der Waals surface area (Å²) >= 11 is 0. The van der Waals surface area contributed by atoms with Crippen LogP contribution in [0.2, 0.25) is 0 Å². The van der Waals surface area contributed by atoms with Gasteiger partial charge in [0, 0.05) is 13.0 Å². The molecule has 1 saturated heterocycles. The third-order valence-electron chi connectivity index (χ3n) is 1.55. The van der Waals surface area contributed by atoms with Crippen LogP contribution in [0.4, 0.5) is 0 Å². The van der Waals surface area contributed by atoms with Crippen LogP contribution in [0.25, 0.3) is 0 Å². The molecule has 0 radical (unpaired) electrons. The summed E-state index contributed by atoms with van der Waals surface area (Å²) in [6.07, 6.45) is 1.65. The fourth-order valence-electron chi connectivity index (χ4n) is 1.07. The minimum Gasteiger partial charge on any atom is -0.480 e. The molecule has 1 aliphatic rings. The SMILES string of the molecule is N=C1CCCN1CC(=O)O. The predicted molar refractivity (Wildman–Crippen MR) is 36.2 cm³/mol. The van der Waals surface area contributed by atoms with Crippen molar-refractivity contribution in [3.05, 3.63) is 0 Å². The third kappa shape index (κ3) is 1.46. The van der Waals surface area contributed by atoms with Gasteiger partial charge >= 0.3 is 5.97 Å². The van der Waals surface area contributed by atoms with Gasteiger partial charge in [0.1, 0.15) is 6.54 Å². The Bertz CT molecular complexity index is 167. The van der Waals surface area contributed by atoms with Crippen LogP contribution in [0.5, 0.6) is 0 Å². The lowest BCUT2D eigenvalue weighted by Gasteiger charge is -2.13. The lowest BCUT2D eigenvalue weighted by atomic mass is 10.4. The number of carbonyl (C=O) groups is 1. The average molecular weight is 142 g/mol. The van der Waals surface area contributed by atoms with E-state index >= 15 is 0 Å². The summed E-state index contributed by atoms with van der Waals surface area (Å²) in [6, 6.07) is 0. The van der Waals surface area contributed by atoms with Crippen LogP contribution >= 0.6 is 0 Å². The summed E-state index contributed by atoms with van der Waals surface area (Å²) < 4.78 is 0. The second-order valence-corrected chi connectivity index (χ2v) is 2.37. The number of aliphatic carboxylic acids is 1. The average Bonchev–Trinajstić information content (AvgIpc) is 2.15. The van der Waals surface area contributed by atoms with E-state index < -0.39 is 5.97 Å². The van der Waals surface area contributed by atoms with E-state index in [-0.39, 0.29) is 6.54 Å². The highest BCUT2D eigenvalue weighted by atomic mass is 16.4. The monoisotopic (exact) mass is 142 g/mol.